The SMILES string of the molecule is Cc1ccccc1-n1nc(C(=O)Nc2ccc(S(C)=O)c(F)c2)c2c1CCC2. The van der Waals surface area contributed by atoms with E-state index in [-0.39, 0.29) is 10.8 Å². The third kappa shape index (κ3) is 3.26. The number of halogens is 1. The zero-order chi connectivity index (χ0) is 19.8. The van der Waals surface area contributed by atoms with E-state index >= 15 is 0 Å². The number of aryl methyl sites for hydroxylation is 1. The lowest BCUT2D eigenvalue weighted by atomic mass is 10.1. The van der Waals surface area contributed by atoms with Gasteiger partial charge in [-0.05, 0) is 56.0 Å². The van der Waals surface area contributed by atoms with E-state index in [9.17, 15) is 13.4 Å². The van der Waals surface area contributed by atoms with Crippen molar-refractivity contribution in [3.63, 3.8) is 0 Å². The number of rotatable bonds is 4. The molecule has 1 heterocycles. The number of aromatic nitrogens is 2. The monoisotopic (exact) mass is 397 g/mol. The molecular weight excluding hydrogens is 377 g/mol. The summed E-state index contributed by atoms with van der Waals surface area (Å²) in [4.78, 5) is 13.0. The average Bonchev–Trinajstić information content (AvgIpc) is 3.24. The average molecular weight is 397 g/mol. The van der Waals surface area contributed by atoms with E-state index in [1.807, 2.05) is 35.9 Å². The Morgan fingerprint density at radius 1 is 1.21 bits per heavy atom. The topological polar surface area (TPSA) is 64.0 Å². The van der Waals surface area contributed by atoms with Crippen LogP contribution in [0, 0.1) is 12.7 Å². The van der Waals surface area contributed by atoms with Crippen molar-refractivity contribution in [2.75, 3.05) is 11.6 Å². The van der Waals surface area contributed by atoms with Crippen LogP contribution in [0.5, 0.6) is 0 Å². The van der Waals surface area contributed by atoms with Gasteiger partial charge in [-0.2, -0.15) is 5.10 Å². The van der Waals surface area contributed by atoms with Crippen LogP contribution in [0.15, 0.2) is 47.4 Å². The highest BCUT2D eigenvalue weighted by Crippen LogP contribution is 2.29. The molecule has 0 spiro atoms. The van der Waals surface area contributed by atoms with E-state index in [1.54, 1.807) is 6.07 Å². The van der Waals surface area contributed by atoms with Gasteiger partial charge in [0.15, 0.2) is 5.69 Å². The van der Waals surface area contributed by atoms with Gasteiger partial charge in [-0.3, -0.25) is 9.00 Å². The Hall–Kier alpha value is -2.80. The lowest BCUT2D eigenvalue weighted by Gasteiger charge is -2.08. The summed E-state index contributed by atoms with van der Waals surface area (Å²) in [5.74, 6) is -0.968. The molecule has 0 saturated carbocycles. The Balaban J connectivity index is 1.68. The molecular formula is C21H20FN3O2S. The molecule has 1 aliphatic rings. The summed E-state index contributed by atoms with van der Waals surface area (Å²) < 4.78 is 27.4. The maximum Gasteiger partial charge on any atom is 0.276 e. The van der Waals surface area contributed by atoms with Crippen LogP contribution in [0.1, 0.15) is 33.7 Å². The van der Waals surface area contributed by atoms with Gasteiger partial charge in [0.2, 0.25) is 0 Å². The number of fused-ring (bicyclic) bond motifs is 1. The van der Waals surface area contributed by atoms with Crippen molar-refractivity contribution in [1.82, 2.24) is 9.78 Å². The Morgan fingerprint density at radius 2 is 2.00 bits per heavy atom. The van der Waals surface area contributed by atoms with Crippen LogP contribution in [0.25, 0.3) is 5.69 Å². The first-order valence-electron chi connectivity index (χ1n) is 9.07. The van der Waals surface area contributed by atoms with E-state index in [4.69, 9.17) is 0 Å². The molecule has 28 heavy (non-hydrogen) atoms. The van der Waals surface area contributed by atoms with Crippen molar-refractivity contribution in [3.8, 4) is 5.69 Å². The summed E-state index contributed by atoms with van der Waals surface area (Å²) >= 11 is 0. The minimum absolute atomic E-state index is 0.114. The summed E-state index contributed by atoms with van der Waals surface area (Å²) in [5.41, 5.74) is 4.74. The molecule has 0 fully saturated rings. The van der Waals surface area contributed by atoms with Crippen LogP contribution in [-0.2, 0) is 23.6 Å². The molecule has 2 aromatic carbocycles. The number of carbonyl (C=O) groups excluding carboxylic acids is 1. The molecule has 5 nitrogen and oxygen atoms in total. The van der Waals surface area contributed by atoms with E-state index in [0.29, 0.717) is 11.4 Å². The fourth-order valence-corrected chi connectivity index (χ4v) is 4.22. The molecule has 144 valence electrons. The summed E-state index contributed by atoms with van der Waals surface area (Å²) in [6.07, 6.45) is 4.06. The number of para-hydroxylation sites is 1. The first-order valence-corrected chi connectivity index (χ1v) is 10.6. The molecule has 0 radical (unpaired) electrons. The van der Waals surface area contributed by atoms with Gasteiger partial charge in [0.1, 0.15) is 5.82 Å². The number of amides is 1. The standard InChI is InChI=1S/C21H20FN3O2S/c1-13-6-3-4-8-17(13)25-18-9-5-7-15(18)20(24-25)21(26)23-14-10-11-19(28(2)27)16(22)12-14/h3-4,6,8,10-12H,5,7,9H2,1-2H3,(H,23,26). The van der Waals surface area contributed by atoms with Gasteiger partial charge in [0.05, 0.1) is 21.4 Å². The Kier molecular flexibility index (Phi) is 4.85. The molecule has 0 saturated heterocycles. The summed E-state index contributed by atoms with van der Waals surface area (Å²) in [6, 6.07) is 12.1. The molecule has 1 N–H and O–H groups in total. The summed E-state index contributed by atoms with van der Waals surface area (Å²) in [7, 11) is -1.42. The van der Waals surface area contributed by atoms with Gasteiger partial charge in [0, 0.05) is 23.2 Å². The van der Waals surface area contributed by atoms with Gasteiger partial charge in [-0.15, -0.1) is 0 Å². The Bertz CT molecular complexity index is 1110. The summed E-state index contributed by atoms with van der Waals surface area (Å²) in [5, 5.41) is 7.31. The smallest absolute Gasteiger partial charge is 0.276 e. The van der Waals surface area contributed by atoms with E-state index in [1.165, 1.54) is 18.4 Å². The van der Waals surface area contributed by atoms with Crippen LogP contribution in [-0.4, -0.2) is 26.2 Å². The molecule has 1 unspecified atom stereocenters. The highest BCUT2D eigenvalue weighted by molar-refractivity contribution is 7.84. The molecule has 1 atom stereocenters. The Morgan fingerprint density at radius 3 is 2.71 bits per heavy atom. The zero-order valence-corrected chi connectivity index (χ0v) is 16.5. The molecule has 1 aliphatic carbocycles. The van der Waals surface area contributed by atoms with Crippen LogP contribution in [0.2, 0.25) is 0 Å². The third-order valence-corrected chi connectivity index (χ3v) is 5.94. The van der Waals surface area contributed by atoms with Gasteiger partial charge < -0.3 is 5.32 Å². The van der Waals surface area contributed by atoms with Crippen LogP contribution < -0.4 is 5.32 Å². The quantitative estimate of drug-likeness (QED) is 0.728. The first kappa shape index (κ1) is 18.6. The van der Waals surface area contributed by atoms with E-state index < -0.39 is 16.6 Å². The van der Waals surface area contributed by atoms with Crippen molar-refractivity contribution in [2.45, 2.75) is 31.1 Å². The second-order valence-electron chi connectivity index (χ2n) is 6.88. The van der Waals surface area contributed by atoms with Crippen LogP contribution in [0.4, 0.5) is 10.1 Å². The fraction of sp³-hybridized carbons (Fsp3) is 0.238. The van der Waals surface area contributed by atoms with Crippen LogP contribution >= 0.6 is 0 Å². The number of nitrogens with zero attached hydrogens (tertiary/aromatic N) is 2. The minimum atomic E-state index is -1.42. The van der Waals surface area contributed by atoms with Gasteiger partial charge in [0.25, 0.3) is 5.91 Å². The lowest BCUT2D eigenvalue weighted by molar-refractivity contribution is 0.102. The number of carbonyl (C=O) groups is 1. The molecule has 3 aromatic rings. The van der Waals surface area contributed by atoms with Gasteiger partial charge in [-0.1, -0.05) is 18.2 Å². The lowest BCUT2D eigenvalue weighted by Crippen LogP contribution is -2.15. The van der Waals surface area contributed by atoms with E-state index in [0.717, 1.165) is 41.8 Å². The second kappa shape index (κ2) is 7.31. The van der Waals surface area contributed by atoms with Crippen molar-refractivity contribution in [3.05, 3.63) is 70.8 Å². The molecule has 0 bridgehead atoms. The van der Waals surface area contributed by atoms with Crippen LogP contribution in [0.3, 0.4) is 0 Å². The molecule has 1 amide bonds. The van der Waals surface area contributed by atoms with Crippen molar-refractivity contribution in [2.24, 2.45) is 0 Å². The predicted molar refractivity (Wildman–Crippen MR) is 107 cm³/mol. The van der Waals surface area contributed by atoms with Crippen molar-refractivity contribution in [1.29, 1.82) is 0 Å². The zero-order valence-electron chi connectivity index (χ0n) is 15.7. The number of hydrogen-bond acceptors (Lipinski definition) is 3. The largest absolute Gasteiger partial charge is 0.320 e. The predicted octanol–water partition coefficient (Wildman–Crippen LogP) is 3.80. The maximum atomic E-state index is 14.1. The normalized spacial score (nSPS) is 14.0. The number of nitrogens with one attached hydrogen (secondary N) is 1. The molecule has 1 aromatic heterocycles. The van der Waals surface area contributed by atoms with Gasteiger partial charge >= 0.3 is 0 Å². The number of benzene rings is 2. The molecule has 7 heteroatoms. The first-order chi connectivity index (χ1) is 13.5. The van der Waals surface area contributed by atoms with Gasteiger partial charge in [-0.25, -0.2) is 9.07 Å². The fourth-order valence-electron chi connectivity index (χ4n) is 3.62. The van der Waals surface area contributed by atoms with E-state index in [2.05, 4.69) is 10.4 Å². The second-order valence-corrected chi connectivity index (χ2v) is 8.23. The maximum absolute atomic E-state index is 14.1. The summed E-state index contributed by atoms with van der Waals surface area (Å²) in [6.45, 7) is 2.01. The number of anilines is 1. The molecule has 4 rings (SSSR count). The van der Waals surface area contributed by atoms with Crippen molar-refractivity contribution < 1.29 is 13.4 Å². The minimum Gasteiger partial charge on any atom is -0.320 e. The highest BCUT2D eigenvalue weighted by atomic mass is 32.2. The third-order valence-electron chi connectivity index (χ3n) is 4.99. The Labute approximate surface area is 165 Å². The number of hydrogen-bond donors (Lipinski definition) is 1. The molecule has 0 aliphatic heterocycles. The highest BCUT2D eigenvalue weighted by Gasteiger charge is 2.27. The van der Waals surface area contributed by atoms with Crippen molar-refractivity contribution >= 4 is 22.4 Å².